The number of carbonyl (C=O) groups is 1. The maximum absolute atomic E-state index is 13.4. The van der Waals surface area contributed by atoms with Gasteiger partial charge < -0.3 is 15.3 Å². The van der Waals surface area contributed by atoms with E-state index in [0.717, 1.165) is 30.6 Å². The Hall–Kier alpha value is -2.40. The number of aliphatic hydroxyl groups excluding tert-OH is 1. The fourth-order valence-corrected chi connectivity index (χ4v) is 3.26. The van der Waals surface area contributed by atoms with E-state index in [9.17, 15) is 14.3 Å². The number of nitrogens with zero attached hydrogens (tertiary/aromatic N) is 1. The van der Waals surface area contributed by atoms with E-state index in [1.807, 2.05) is 36.4 Å². The lowest BCUT2D eigenvalue weighted by Crippen LogP contribution is -2.48. The van der Waals surface area contributed by atoms with E-state index >= 15 is 0 Å². The van der Waals surface area contributed by atoms with Crippen LogP contribution in [0.25, 0.3) is 0 Å². The van der Waals surface area contributed by atoms with Crippen LogP contribution in [0.4, 0.5) is 10.1 Å². The first kappa shape index (κ1) is 17.4. The van der Waals surface area contributed by atoms with Crippen LogP contribution >= 0.6 is 0 Å². The van der Waals surface area contributed by atoms with Crippen molar-refractivity contribution in [2.45, 2.75) is 31.4 Å². The van der Waals surface area contributed by atoms with E-state index in [4.69, 9.17) is 0 Å². The molecule has 1 aliphatic heterocycles. The zero-order valence-electron chi connectivity index (χ0n) is 14.1. The summed E-state index contributed by atoms with van der Waals surface area (Å²) in [5.74, 6) is -0.419. The summed E-state index contributed by atoms with van der Waals surface area (Å²) < 4.78 is 13.4. The van der Waals surface area contributed by atoms with Gasteiger partial charge in [-0.05, 0) is 36.6 Å². The SMILES string of the molecule is O=C(CC(O)c1ccccc1)NC1CCCN(c2cccc(F)c2)C1. The smallest absolute Gasteiger partial charge is 0.223 e. The normalized spacial score (nSPS) is 18.6. The Balaban J connectivity index is 1.54. The molecule has 0 saturated carbocycles. The van der Waals surface area contributed by atoms with Crippen LogP contribution in [0.3, 0.4) is 0 Å². The number of hydrogen-bond donors (Lipinski definition) is 2. The molecule has 2 aromatic rings. The Morgan fingerprint density at radius 1 is 1.24 bits per heavy atom. The van der Waals surface area contributed by atoms with Crippen molar-refractivity contribution >= 4 is 11.6 Å². The Bertz CT molecular complexity index is 708. The molecule has 0 bridgehead atoms. The zero-order valence-corrected chi connectivity index (χ0v) is 14.1. The average molecular weight is 342 g/mol. The first-order valence-corrected chi connectivity index (χ1v) is 8.65. The summed E-state index contributed by atoms with van der Waals surface area (Å²) in [6.45, 7) is 1.50. The molecule has 25 heavy (non-hydrogen) atoms. The summed E-state index contributed by atoms with van der Waals surface area (Å²) in [6, 6.07) is 15.7. The van der Waals surface area contributed by atoms with Gasteiger partial charge in [-0.25, -0.2) is 4.39 Å². The van der Waals surface area contributed by atoms with Crippen LogP contribution in [0.2, 0.25) is 0 Å². The van der Waals surface area contributed by atoms with Crippen LogP contribution in [0.15, 0.2) is 54.6 Å². The van der Waals surface area contributed by atoms with E-state index in [1.165, 1.54) is 12.1 Å². The van der Waals surface area contributed by atoms with Gasteiger partial charge in [0.1, 0.15) is 5.82 Å². The molecule has 1 heterocycles. The molecule has 3 rings (SSSR count). The highest BCUT2D eigenvalue weighted by molar-refractivity contribution is 5.77. The lowest BCUT2D eigenvalue weighted by atomic mass is 10.0. The lowest BCUT2D eigenvalue weighted by molar-refractivity contribution is -0.123. The number of carbonyl (C=O) groups excluding carboxylic acids is 1. The number of piperidine rings is 1. The molecule has 0 radical (unpaired) electrons. The minimum Gasteiger partial charge on any atom is -0.388 e. The number of benzene rings is 2. The quantitative estimate of drug-likeness (QED) is 0.878. The standard InChI is InChI=1S/C20H23FN2O2/c21-16-8-4-10-18(12-16)23-11-5-9-17(14-23)22-20(25)13-19(24)15-6-2-1-3-7-15/h1-4,6-8,10,12,17,19,24H,5,9,11,13-14H2,(H,22,25). The third kappa shape index (κ3) is 4.79. The molecule has 2 aromatic carbocycles. The zero-order chi connectivity index (χ0) is 17.6. The second-order valence-electron chi connectivity index (χ2n) is 6.46. The lowest BCUT2D eigenvalue weighted by Gasteiger charge is -2.35. The van der Waals surface area contributed by atoms with Crippen LogP contribution in [0.1, 0.15) is 30.9 Å². The third-order valence-corrected chi connectivity index (χ3v) is 4.52. The largest absolute Gasteiger partial charge is 0.388 e. The van der Waals surface area contributed by atoms with Crippen molar-refractivity contribution in [1.82, 2.24) is 5.32 Å². The molecular formula is C20H23FN2O2. The summed E-state index contributed by atoms with van der Waals surface area (Å²) in [6.07, 6.45) is 1.06. The van der Waals surface area contributed by atoms with E-state index < -0.39 is 6.10 Å². The molecule has 1 fully saturated rings. The van der Waals surface area contributed by atoms with E-state index in [2.05, 4.69) is 10.2 Å². The summed E-state index contributed by atoms with van der Waals surface area (Å²) in [4.78, 5) is 14.3. The average Bonchev–Trinajstić information content (AvgIpc) is 2.62. The molecular weight excluding hydrogens is 319 g/mol. The number of rotatable bonds is 5. The van der Waals surface area contributed by atoms with Gasteiger partial charge in [-0.3, -0.25) is 4.79 Å². The summed E-state index contributed by atoms with van der Waals surface area (Å²) in [7, 11) is 0. The first-order chi connectivity index (χ1) is 12.1. The number of aliphatic hydroxyl groups is 1. The van der Waals surface area contributed by atoms with Gasteiger partial charge in [0.2, 0.25) is 5.91 Å². The Kier molecular flexibility index (Phi) is 5.66. The van der Waals surface area contributed by atoms with Gasteiger partial charge in [0, 0.05) is 24.8 Å². The summed E-state index contributed by atoms with van der Waals surface area (Å²) in [5.41, 5.74) is 1.57. The number of hydrogen-bond acceptors (Lipinski definition) is 3. The van der Waals surface area contributed by atoms with Crippen LogP contribution in [0.5, 0.6) is 0 Å². The van der Waals surface area contributed by atoms with Gasteiger partial charge in [0.25, 0.3) is 0 Å². The van der Waals surface area contributed by atoms with Crippen LogP contribution in [0, 0.1) is 5.82 Å². The summed E-state index contributed by atoms with van der Waals surface area (Å²) >= 11 is 0. The molecule has 1 saturated heterocycles. The van der Waals surface area contributed by atoms with Crippen molar-refractivity contribution in [3.63, 3.8) is 0 Å². The third-order valence-electron chi connectivity index (χ3n) is 4.52. The maximum Gasteiger partial charge on any atom is 0.223 e. The van der Waals surface area contributed by atoms with Crippen molar-refractivity contribution in [3.05, 3.63) is 66.0 Å². The Labute approximate surface area is 147 Å². The molecule has 1 amide bonds. The van der Waals surface area contributed by atoms with Crippen molar-refractivity contribution < 1.29 is 14.3 Å². The van der Waals surface area contributed by atoms with Crippen molar-refractivity contribution in [3.8, 4) is 0 Å². The predicted molar refractivity (Wildman–Crippen MR) is 95.8 cm³/mol. The van der Waals surface area contributed by atoms with E-state index in [1.54, 1.807) is 6.07 Å². The minimum atomic E-state index is -0.802. The topological polar surface area (TPSA) is 52.6 Å². The van der Waals surface area contributed by atoms with Crippen molar-refractivity contribution in [2.75, 3.05) is 18.0 Å². The molecule has 2 unspecified atom stereocenters. The minimum absolute atomic E-state index is 0.00694. The van der Waals surface area contributed by atoms with Crippen LogP contribution < -0.4 is 10.2 Å². The molecule has 0 spiro atoms. The highest BCUT2D eigenvalue weighted by atomic mass is 19.1. The number of nitrogens with one attached hydrogen (secondary N) is 1. The number of halogens is 1. The highest BCUT2D eigenvalue weighted by Crippen LogP contribution is 2.21. The molecule has 5 heteroatoms. The van der Waals surface area contributed by atoms with Crippen LogP contribution in [-0.4, -0.2) is 30.1 Å². The van der Waals surface area contributed by atoms with Gasteiger partial charge in [0.05, 0.1) is 12.5 Å². The van der Waals surface area contributed by atoms with E-state index in [-0.39, 0.29) is 24.2 Å². The van der Waals surface area contributed by atoms with Crippen molar-refractivity contribution in [1.29, 1.82) is 0 Å². The Morgan fingerprint density at radius 3 is 2.80 bits per heavy atom. The van der Waals surface area contributed by atoms with E-state index in [0.29, 0.717) is 6.54 Å². The van der Waals surface area contributed by atoms with Gasteiger partial charge in [-0.1, -0.05) is 36.4 Å². The van der Waals surface area contributed by atoms with Gasteiger partial charge in [-0.15, -0.1) is 0 Å². The molecule has 2 N–H and O–H groups in total. The van der Waals surface area contributed by atoms with Crippen molar-refractivity contribution in [2.24, 2.45) is 0 Å². The van der Waals surface area contributed by atoms with Crippen LogP contribution in [-0.2, 0) is 4.79 Å². The summed E-state index contributed by atoms with van der Waals surface area (Å²) in [5, 5.41) is 13.2. The predicted octanol–water partition coefficient (Wildman–Crippen LogP) is 3.03. The molecule has 2 atom stereocenters. The highest BCUT2D eigenvalue weighted by Gasteiger charge is 2.23. The van der Waals surface area contributed by atoms with Gasteiger partial charge >= 0.3 is 0 Å². The monoisotopic (exact) mass is 342 g/mol. The second-order valence-corrected chi connectivity index (χ2v) is 6.46. The number of amides is 1. The molecule has 132 valence electrons. The fourth-order valence-electron chi connectivity index (χ4n) is 3.26. The molecule has 4 nitrogen and oxygen atoms in total. The maximum atomic E-state index is 13.4. The van der Waals surface area contributed by atoms with Gasteiger partial charge in [-0.2, -0.15) is 0 Å². The molecule has 0 aliphatic carbocycles. The second kappa shape index (κ2) is 8.12. The first-order valence-electron chi connectivity index (χ1n) is 8.65. The number of anilines is 1. The molecule has 1 aliphatic rings. The molecule has 0 aromatic heterocycles. The Morgan fingerprint density at radius 2 is 2.04 bits per heavy atom. The fraction of sp³-hybridized carbons (Fsp3) is 0.350. The van der Waals surface area contributed by atoms with Gasteiger partial charge in [0.15, 0.2) is 0 Å².